The third-order valence-corrected chi connectivity index (χ3v) is 2.32. The molecule has 1 aromatic carbocycles. The van der Waals surface area contributed by atoms with Gasteiger partial charge in [-0.2, -0.15) is 0 Å². The molecule has 1 rings (SSSR count). The Bertz CT molecular complexity index is 398. The highest BCUT2D eigenvalue weighted by atomic mass is 19.1. The molecule has 0 saturated heterocycles. The maximum absolute atomic E-state index is 13.5. The molecule has 0 bridgehead atoms. The first kappa shape index (κ1) is 13.4. The molecule has 0 saturated carbocycles. The summed E-state index contributed by atoms with van der Waals surface area (Å²) in [5.74, 6) is -0.622. The predicted octanol–water partition coefficient (Wildman–Crippen LogP) is 2.57. The molecule has 1 unspecified atom stereocenters. The lowest BCUT2D eigenvalue weighted by molar-refractivity contribution is -0.385. The van der Waals surface area contributed by atoms with Gasteiger partial charge in [-0.3, -0.25) is 10.1 Å². The molecule has 6 heteroatoms. The molecule has 5 nitrogen and oxygen atoms in total. The number of non-ortho nitro benzene ring substituents is 1. The number of benzene rings is 1. The van der Waals surface area contributed by atoms with Crippen LogP contribution in [-0.4, -0.2) is 24.7 Å². The molecule has 0 amide bonds. The van der Waals surface area contributed by atoms with E-state index in [4.69, 9.17) is 4.74 Å². The number of methoxy groups -OCH3 is 1. The number of ether oxygens (including phenoxy) is 1. The van der Waals surface area contributed by atoms with E-state index in [1.54, 1.807) is 7.11 Å². The Morgan fingerprint density at radius 2 is 2.29 bits per heavy atom. The van der Waals surface area contributed by atoms with E-state index in [0.717, 1.165) is 12.5 Å². The van der Waals surface area contributed by atoms with Gasteiger partial charge in [-0.1, -0.05) is 0 Å². The zero-order valence-corrected chi connectivity index (χ0v) is 9.77. The van der Waals surface area contributed by atoms with Gasteiger partial charge in [0.25, 0.3) is 5.69 Å². The average molecular weight is 242 g/mol. The Hall–Kier alpha value is -1.69. The van der Waals surface area contributed by atoms with Crippen molar-refractivity contribution in [2.75, 3.05) is 19.0 Å². The standard InChI is InChI=1S/C11H15FN2O3/c1-8(5-6-17-2)13-11-4-3-9(14(15)16)7-10(11)12/h3-4,7-8,13H,5-6H2,1-2H3. The van der Waals surface area contributed by atoms with Gasteiger partial charge in [0.1, 0.15) is 0 Å². The van der Waals surface area contributed by atoms with Gasteiger partial charge in [0, 0.05) is 25.8 Å². The van der Waals surface area contributed by atoms with Crippen LogP contribution < -0.4 is 5.32 Å². The normalized spacial score (nSPS) is 12.2. The lowest BCUT2D eigenvalue weighted by Crippen LogP contribution is -2.18. The lowest BCUT2D eigenvalue weighted by Gasteiger charge is -2.15. The molecule has 0 spiro atoms. The molecule has 0 aliphatic rings. The number of halogens is 1. The Morgan fingerprint density at radius 1 is 1.59 bits per heavy atom. The third kappa shape index (κ3) is 3.99. The van der Waals surface area contributed by atoms with E-state index in [1.807, 2.05) is 6.92 Å². The van der Waals surface area contributed by atoms with Gasteiger partial charge in [0.05, 0.1) is 16.7 Å². The first-order chi connectivity index (χ1) is 8.04. The van der Waals surface area contributed by atoms with Crippen LogP contribution in [0.3, 0.4) is 0 Å². The molecule has 0 aromatic heterocycles. The maximum Gasteiger partial charge on any atom is 0.272 e. The molecule has 0 heterocycles. The summed E-state index contributed by atoms with van der Waals surface area (Å²) in [5.41, 5.74) is 0.0109. The molecule has 1 N–H and O–H groups in total. The van der Waals surface area contributed by atoms with Gasteiger partial charge >= 0.3 is 0 Å². The Balaban J connectivity index is 2.69. The number of rotatable bonds is 6. The van der Waals surface area contributed by atoms with Gasteiger partial charge in [-0.25, -0.2) is 4.39 Å². The van der Waals surface area contributed by atoms with Crippen LogP contribution in [0.25, 0.3) is 0 Å². The van der Waals surface area contributed by atoms with Crippen LogP contribution in [0.4, 0.5) is 15.8 Å². The number of nitro groups is 1. The van der Waals surface area contributed by atoms with Crippen LogP contribution in [0, 0.1) is 15.9 Å². The summed E-state index contributed by atoms with van der Waals surface area (Å²) in [6.45, 7) is 2.46. The average Bonchev–Trinajstić information content (AvgIpc) is 2.28. The van der Waals surface area contributed by atoms with Gasteiger partial charge in [-0.05, 0) is 19.4 Å². The highest BCUT2D eigenvalue weighted by Gasteiger charge is 2.12. The zero-order valence-electron chi connectivity index (χ0n) is 9.77. The minimum Gasteiger partial charge on any atom is -0.385 e. The zero-order chi connectivity index (χ0) is 12.8. The first-order valence-corrected chi connectivity index (χ1v) is 5.24. The second kappa shape index (κ2) is 6.15. The largest absolute Gasteiger partial charge is 0.385 e. The number of nitro benzene ring substituents is 1. The summed E-state index contributed by atoms with van der Waals surface area (Å²) in [7, 11) is 1.60. The Labute approximate surface area is 98.7 Å². The van der Waals surface area contributed by atoms with Crippen molar-refractivity contribution in [2.45, 2.75) is 19.4 Å². The van der Waals surface area contributed by atoms with E-state index in [2.05, 4.69) is 5.32 Å². The Kier molecular flexibility index (Phi) is 4.84. The van der Waals surface area contributed by atoms with Gasteiger partial charge < -0.3 is 10.1 Å². The van der Waals surface area contributed by atoms with Crippen LogP contribution in [-0.2, 0) is 4.74 Å². The van der Waals surface area contributed by atoms with E-state index in [-0.39, 0.29) is 17.4 Å². The molecule has 0 fully saturated rings. The third-order valence-electron chi connectivity index (χ3n) is 2.32. The molecule has 0 radical (unpaired) electrons. The van der Waals surface area contributed by atoms with Crippen molar-refractivity contribution in [3.63, 3.8) is 0 Å². The second-order valence-corrected chi connectivity index (χ2v) is 3.75. The topological polar surface area (TPSA) is 64.4 Å². The van der Waals surface area contributed by atoms with Gasteiger partial charge in [0.2, 0.25) is 0 Å². The maximum atomic E-state index is 13.5. The summed E-state index contributed by atoms with van der Waals surface area (Å²) >= 11 is 0. The number of anilines is 1. The Morgan fingerprint density at radius 3 is 2.82 bits per heavy atom. The highest BCUT2D eigenvalue weighted by Crippen LogP contribution is 2.21. The molecule has 0 aliphatic carbocycles. The summed E-state index contributed by atoms with van der Waals surface area (Å²) < 4.78 is 18.4. The minimum atomic E-state index is -0.624. The molecule has 17 heavy (non-hydrogen) atoms. The van der Waals surface area contributed by atoms with Crippen LogP contribution in [0.1, 0.15) is 13.3 Å². The van der Waals surface area contributed by atoms with Crippen molar-refractivity contribution in [1.82, 2.24) is 0 Å². The molecule has 1 aromatic rings. The fourth-order valence-corrected chi connectivity index (χ4v) is 1.37. The molecule has 0 aliphatic heterocycles. The molecular weight excluding hydrogens is 227 g/mol. The van der Waals surface area contributed by atoms with Crippen LogP contribution in [0.5, 0.6) is 0 Å². The van der Waals surface area contributed by atoms with Gasteiger partial charge in [0.15, 0.2) is 5.82 Å². The van der Waals surface area contributed by atoms with Crippen molar-refractivity contribution < 1.29 is 14.1 Å². The monoisotopic (exact) mass is 242 g/mol. The fourth-order valence-electron chi connectivity index (χ4n) is 1.37. The number of nitrogens with zero attached hydrogens (tertiary/aromatic N) is 1. The number of hydrogen-bond acceptors (Lipinski definition) is 4. The highest BCUT2D eigenvalue weighted by molar-refractivity contribution is 5.50. The van der Waals surface area contributed by atoms with Crippen LogP contribution in [0.15, 0.2) is 18.2 Å². The summed E-state index contributed by atoms with van der Waals surface area (Å²) in [5, 5.41) is 13.4. The molecular formula is C11H15FN2O3. The summed E-state index contributed by atoms with van der Waals surface area (Å²) in [6.07, 6.45) is 0.729. The van der Waals surface area contributed by atoms with E-state index < -0.39 is 10.7 Å². The second-order valence-electron chi connectivity index (χ2n) is 3.75. The van der Waals surface area contributed by atoms with E-state index in [0.29, 0.717) is 6.61 Å². The van der Waals surface area contributed by atoms with Gasteiger partial charge in [-0.15, -0.1) is 0 Å². The van der Waals surface area contributed by atoms with Crippen molar-refractivity contribution in [2.24, 2.45) is 0 Å². The van der Waals surface area contributed by atoms with Crippen molar-refractivity contribution in [3.8, 4) is 0 Å². The summed E-state index contributed by atoms with van der Waals surface area (Å²) in [4.78, 5) is 9.81. The number of nitrogens with one attached hydrogen (secondary N) is 1. The van der Waals surface area contributed by atoms with Crippen molar-refractivity contribution in [3.05, 3.63) is 34.1 Å². The SMILES string of the molecule is COCCC(C)Nc1ccc([N+](=O)[O-])cc1F. The fraction of sp³-hybridized carbons (Fsp3) is 0.455. The molecule has 94 valence electrons. The smallest absolute Gasteiger partial charge is 0.272 e. The van der Waals surface area contributed by atoms with Crippen molar-refractivity contribution in [1.29, 1.82) is 0 Å². The lowest BCUT2D eigenvalue weighted by atomic mass is 10.2. The van der Waals surface area contributed by atoms with Crippen LogP contribution in [0.2, 0.25) is 0 Å². The van der Waals surface area contributed by atoms with E-state index in [1.165, 1.54) is 12.1 Å². The molecule has 1 atom stereocenters. The minimum absolute atomic E-state index is 0.0332. The predicted molar refractivity (Wildman–Crippen MR) is 62.6 cm³/mol. The van der Waals surface area contributed by atoms with E-state index in [9.17, 15) is 14.5 Å². The van der Waals surface area contributed by atoms with Crippen LogP contribution >= 0.6 is 0 Å². The summed E-state index contributed by atoms with van der Waals surface area (Å²) in [6, 6.07) is 3.59. The van der Waals surface area contributed by atoms with Crippen molar-refractivity contribution >= 4 is 11.4 Å². The van der Waals surface area contributed by atoms with E-state index >= 15 is 0 Å². The number of hydrogen-bond donors (Lipinski definition) is 1. The quantitative estimate of drug-likeness (QED) is 0.615. The first-order valence-electron chi connectivity index (χ1n) is 5.24.